The molecule has 0 spiro atoms. The Morgan fingerprint density at radius 1 is 1.13 bits per heavy atom. The van der Waals surface area contributed by atoms with E-state index in [0.717, 1.165) is 5.56 Å². The quantitative estimate of drug-likeness (QED) is 0.847. The van der Waals surface area contributed by atoms with Crippen molar-refractivity contribution in [1.82, 2.24) is 10.6 Å². The fraction of sp³-hybridized carbons (Fsp3) is 0.556. The highest BCUT2D eigenvalue weighted by Gasteiger charge is 2.24. The van der Waals surface area contributed by atoms with E-state index in [1.54, 1.807) is 20.8 Å². The molecule has 0 saturated heterocycles. The highest BCUT2D eigenvalue weighted by Crippen LogP contribution is 2.08. The first-order valence-electron chi connectivity index (χ1n) is 7.98. The Kier molecular flexibility index (Phi) is 7.07. The van der Waals surface area contributed by atoms with Gasteiger partial charge in [-0.2, -0.15) is 0 Å². The summed E-state index contributed by atoms with van der Waals surface area (Å²) in [6, 6.07) is 8.93. The molecule has 1 atom stereocenters. The summed E-state index contributed by atoms with van der Waals surface area (Å²) in [6.45, 7) is 9.98. The van der Waals surface area contributed by atoms with Crippen molar-refractivity contribution in [2.24, 2.45) is 5.92 Å². The standard InChI is InChI=1S/C18H28N2O3/c1-13(2)12-19-16(21)15(11-14-9-7-6-8-10-14)20-17(22)23-18(3,4)5/h6-10,13,15H,11-12H2,1-5H3,(H,19,21)(H,20,22)/t15-/m0/s1. The summed E-state index contributed by atoms with van der Waals surface area (Å²) in [5.74, 6) is 0.145. The molecule has 0 unspecified atom stereocenters. The summed E-state index contributed by atoms with van der Waals surface area (Å²) in [5, 5.41) is 5.53. The van der Waals surface area contributed by atoms with Gasteiger partial charge in [-0.3, -0.25) is 4.79 Å². The van der Waals surface area contributed by atoms with Crippen molar-refractivity contribution in [3.05, 3.63) is 35.9 Å². The molecular weight excluding hydrogens is 292 g/mol. The summed E-state index contributed by atoms with van der Waals surface area (Å²) in [6.07, 6.45) is -0.164. The topological polar surface area (TPSA) is 67.4 Å². The predicted molar refractivity (Wildman–Crippen MR) is 91.2 cm³/mol. The van der Waals surface area contributed by atoms with E-state index in [1.165, 1.54) is 0 Å². The van der Waals surface area contributed by atoms with Crippen LogP contribution >= 0.6 is 0 Å². The van der Waals surface area contributed by atoms with E-state index in [0.29, 0.717) is 18.9 Å². The summed E-state index contributed by atoms with van der Waals surface area (Å²) in [4.78, 5) is 24.4. The first-order chi connectivity index (χ1) is 10.7. The molecule has 5 heteroatoms. The first kappa shape index (κ1) is 19.0. The van der Waals surface area contributed by atoms with Gasteiger partial charge >= 0.3 is 6.09 Å². The van der Waals surface area contributed by atoms with Gasteiger partial charge in [-0.15, -0.1) is 0 Å². The third-order valence-electron chi connectivity index (χ3n) is 2.97. The second-order valence-corrected chi connectivity index (χ2v) is 7.03. The lowest BCUT2D eigenvalue weighted by molar-refractivity contribution is -0.123. The van der Waals surface area contributed by atoms with Crippen LogP contribution in [-0.4, -0.2) is 30.2 Å². The lowest BCUT2D eigenvalue weighted by Crippen LogP contribution is -2.49. The Morgan fingerprint density at radius 2 is 1.74 bits per heavy atom. The molecule has 1 aromatic carbocycles. The van der Waals surface area contributed by atoms with Crippen molar-refractivity contribution in [2.45, 2.75) is 52.7 Å². The molecule has 1 rings (SSSR count). The van der Waals surface area contributed by atoms with Gasteiger partial charge in [0.1, 0.15) is 11.6 Å². The lowest BCUT2D eigenvalue weighted by atomic mass is 10.1. The minimum absolute atomic E-state index is 0.201. The van der Waals surface area contributed by atoms with Crippen molar-refractivity contribution in [2.75, 3.05) is 6.54 Å². The molecule has 0 bridgehead atoms. The number of amides is 2. The van der Waals surface area contributed by atoms with E-state index < -0.39 is 17.7 Å². The van der Waals surface area contributed by atoms with Gasteiger partial charge < -0.3 is 15.4 Å². The van der Waals surface area contributed by atoms with Crippen LogP contribution in [0.2, 0.25) is 0 Å². The van der Waals surface area contributed by atoms with Gasteiger partial charge in [0, 0.05) is 13.0 Å². The van der Waals surface area contributed by atoms with Gasteiger partial charge in [0.15, 0.2) is 0 Å². The van der Waals surface area contributed by atoms with E-state index in [1.807, 2.05) is 44.2 Å². The largest absolute Gasteiger partial charge is 0.444 e. The van der Waals surface area contributed by atoms with Gasteiger partial charge in [0.25, 0.3) is 0 Å². The van der Waals surface area contributed by atoms with E-state index in [4.69, 9.17) is 4.74 Å². The van der Waals surface area contributed by atoms with Crippen LogP contribution in [0.3, 0.4) is 0 Å². The summed E-state index contributed by atoms with van der Waals surface area (Å²) >= 11 is 0. The van der Waals surface area contributed by atoms with Gasteiger partial charge in [0.2, 0.25) is 5.91 Å². The minimum Gasteiger partial charge on any atom is -0.444 e. The number of carbonyl (C=O) groups is 2. The highest BCUT2D eigenvalue weighted by molar-refractivity contribution is 5.86. The molecule has 0 fully saturated rings. The normalized spacial score (nSPS) is 12.6. The van der Waals surface area contributed by atoms with Crippen molar-refractivity contribution in [3.8, 4) is 0 Å². The maximum absolute atomic E-state index is 12.4. The average Bonchev–Trinajstić information content (AvgIpc) is 2.43. The number of nitrogens with one attached hydrogen (secondary N) is 2. The molecule has 0 aromatic heterocycles. The molecule has 0 saturated carbocycles. The summed E-state index contributed by atoms with van der Waals surface area (Å²) in [7, 11) is 0. The number of ether oxygens (including phenoxy) is 1. The average molecular weight is 320 g/mol. The Labute approximate surface area is 138 Å². The van der Waals surface area contributed by atoms with Gasteiger partial charge in [-0.1, -0.05) is 44.2 Å². The van der Waals surface area contributed by atoms with Crippen molar-refractivity contribution < 1.29 is 14.3 Å². The molecule has 2 N–H and O–H groups in total. The Hall–Kier alpha value is -2.04. The second-order valence-electron chi connectivity index (χ2n) is 7.03. The molecule has 23 heavy (non-hydrogen) atoms. The smallest absolute Gasteiger partial charge is 0.408 e. The number of hydrogen-bond donors (Lipinski definition) is 2. The zero-order chi connectivity index (χ0) is 17.5. The van der Waals surface area contributed by atoms with Crippen LogP contribution in [-0.2, 0) is 16.0 Å². The fourth-order valence-electron chi connectivity index (χ4n) is 1.94. The molecule has 0 aliphatic rings. The minimum atomic E-state index is -0.661. The number of rotatable bonds is 6. The van der Waals surface area contributed by atoms with Crippen LogP contribution in [0.5, 0.6) is 0 Å². The van der Waals surface area contributed by atoms with Crippen molar-refractivity contribution in [3.63, 3.8) is 0 Å². The maximum Gasteiger partial charge on any atom is 0.408 e. The third kappa shape index (κ3) is 8.24. The van der Waals surface area contributed by atoms with Crippen molar-refractivity contribution in [1.29, 1.82) is 0 Å². The van der Waals surface area contributed by atoms with E-state index in [-0.39, 0.29) is 5.91 Å². The summed E-state index contributed by atoms with van der Waals surface area (Å²) < 4.78 is 5.25. The Bertz CT molecular complexity index is 507. The predicted octanol–water partition coefficient (Wildman–Crippen LogP) is 2.89. The number of benzene rings is 1. The molecule has 0 aliphatic heterocycles. The molecule has 1 aromatic rings. The molecule has 0 radical (unpaired) electrons. The molecule has 0 heterocycles. The highest BCUT2D eigenvalue weighted by atomic mass is 16.6. The van der Waals surface area contributed by atoms with Crippen LogP contribution in [0.25, 0.3) is 0 Å². The zero-order valence-corrected chi connectivity index (χ0v) is 14.7. The first-order valence-corrected chi connectivity index (χ1v) is 7.98. The molecule has 128 valence electrons. The number of alkyl carbamates (subject to hydrolysis) is 1. The van der Waals surface area contributed by atoms with Gasteiger partial charge in [0.05, 0.1) is 0 Å². The van der Waals surface area contributed by atoms with Crippen LogP contribution in [0.15, 0.2) is 30.3 Å². The van der Waals surface area contributed by atoms with E-state index in [9.17, 15) is 9.59 Å². The Balaban J connectivity index is 2.75. The molecule has 2 amide bonds. The third-order valence-corrected chi connectivity index (χ3v) is 2.97. The maximum atomic E-state index is 12.4. The molecular formula is C18H28N2O3. The van der Waals surface area contributed by atoms with Crippen LogP contribution < -0.4 is 10.6 Å². The van der Waals surface area contributed by atoms with Crippen LogP contribution in [0, 0.1) is 5.92 Å². The zero-order valence-electron chi connectivity index (χ0n) is 14.7. The van der Waals surface area contributed by atoms with Gasteiger partial charge in [-0.05, 0) is 32.3 Å². The molecule has 0 aliphatic carbocycles. The number of carbonyl (C=O) groups excluding carboxylic acids is 2. The summed E-state index contributed by atoms with van der Waals surface area (Å²) in [5.41, 5.74) is 0.378. The monoisotopic (exact) mass is 320 g/mol. The lowest BCUT2D eigenvalue weighted by Gasteiger charge is -2.23. The fourth-order valence-corrected chi connectivity index (χ4v) is 1.94. The Morgan fingerprint density at radius 3 is 2.26 bits per heavy atom. The second kappa shape index (κ2) is 8.56. The van der Waals surface area contributed by atoms with Crippen LogP contribution in [0.4, 0.5) is 4.79 Å². The number of hydrogen-bond acceptors (Lipinski definition) is 3. The van der Waals surface area contributed by atoms with Gasteiger partial charge in [-0.25, -0.2) is 4.79 Å². The van der Waals surface area contributed by atoms with E-state index in [2.05, 4.69) is 10.6 Å². The van der Waals surface area contributed by atoms with Crippen molar-refractivity contribution >= 4 is 12.0 Å². The SMILES string of the molecule is CC(C)CNC(=O)[C@H](Cc1ccccc1)NC(=O)OC(C)(C)C. The molecule has 5 nitrogen and oxygen atoms in total. The van der Waals surface area contributed by atoms with E-state index >= 15 is 0 Å². The van der Waals surface area contributed by atoms with Crippen LogP contribution in [0.1, 0.15) is 40.2 Å².